The maximum Gasteiger partial charge on any atom is 0.253 e. The molecule has 1 aliphatic rings. The number of rotatable bonds is 6. The molecule has 3 N–H and O–H groups in total. The standard InChI is InChI=1S/C24H26N6O2S/c1-33-30-12-7-17(15-30)24(32)25-14-22-26-21-6-5-20(27-23(21)28-22)16-3-2-4-18(13-16)29-10-8-19(31)9-11-29/h2-7,12-13,15,19,31H,8-11,14H2,1H3,(H,25,32)(H,26,27,28). The van der Waals surface area contributed by atoms with Gasteiger partial charge in [-0.1, -0.05) is 12.1 Å². The molecule has 4 heterocycles. The molecule has 1 aromatic carbocycles. The van der Waals surface area contributed by atoms with Crippen molar-refractivity contribution in [3.05, 3.63) is 66.2 Å². The summed E-state index contributed by atoms with van der Waals surface area (Å²) in [5.74, 6) is 0.520. The fourth-order valence-corrected chi connectivity index (χ4v) is 4.47. The molecule has 9 heteroatoms. The number of aromatic amines is 1. The Hall–Kier alpha value is -3.30. The number of imidazole rings is 1. The Bertz CT molecular complexity index is 1270. The van der Waals surface area contributed by atoms with Crippen LogP contribution in [0.2, 0.25) is 0 Å². The summed E-state index contributed by atoms with van der Waals surface area (Å²) in [6.07, 6.45) is 7.01. The van der Waals surface area contributed by atoms with E-state index in [2.05, 4.69) is 38.4 Å². The summed E-state index contributed by atoms with van der Waals surface area (Å²) in [5, 5.41) is 12.7. The van der Waals surface area contributed by atoms with Gasteiger partial charge in [0.15, 0.2) is 5.65 Å². The maximum atomic E-state index is 12.4. The average Bonchev–Trinajstić information content (AvgIpc) is 3.49. The van der Waals surface area contributed by atoms with Crippen LogP contribution < -0.4 is 10.2 Å². The fourth-order valence-electron chi connectivity index (χ4n) is 4.07. The number of carbonyl (C=O) groups is 1. The number of H-pyrrole nitrogens is 1. The van der Waals surface area contributed by atoms with Gasteiger partial charge in [-0.2, -0.15) is 0 Å². The lowest BCUT2D eigenvalue weighted by Gasteiger charge is -2.31. The molecule has 0 radical (unpaired) electrons. The Balaban J connectivity index is 1.30. The Morgan fingerprint density at radius 2 is 2.06 bits per heavy atom. The molecule has 0 bridgehead atoms. The molecule has 3 aromatic heterocycles. The number of nitrogens with zero attached hydrogens (tertiary/aromatic N) is 4. The van der Waals surface area contributed by atoms with E-state index < -0.39 is 0 Å². The molecule has 170 valence electrons. The monoisotopic (exact) mass is 462 g/mol. The van der Waals surface area contributed by atoms with Crippen LogP contribution in [0.25, 0.3) is 22.4 Å². The zero-order valence-electron chi connectivity index (χ0n) is 18.4. The molecule has 1 amide bonds. The van der Waals surface area contributed by atoms with E-state index in [0.717, 1.165) is 48.4 Å². The van der Waals surface area contributed by atoms with E-state index in [0.29, 0.717) is 23.6 Å². The molecule has 8 nitrogen and oxygen atoms in total. The first-order chi connectivity index (χ1) is 16.1. The number of hydrogen-bond donors (Lipinski definition) is 3. The molecule has 33 heavy (non-hydrogen) atoms. The fraction of sp³-hybridized carbons (Fsp3) is 0.292. The van der Waals surface area contributed by atoms with E-state index in [-0.39, 0.29) is 12.0 Å². The Labute approximate surface area is 196 Å². The number of piperidine rings is 1. The molecular formula is C24H26N6O2S. The third-order valence-electron chi connectivity index (χ3n) is 5.92. The van der Waals surface area contributed by atoms with Crippen LogP contribution in [0.3, 0.4) is 0 Å². The molecule has 0 spiro atoms. The normalized spacial score (nSPS) is 14.7. The van der Waals surface area contributed by atoms with Gasteiger partial charge in [0.05, 0.1) is 23.9 Å². The van der Waals surface area contributed by atoms with Crippen LogP contribution >= 0.6 is 11.9 Å². The summed E-state index contributed by atoms with van der Waals surface area (Å²) in [6.45, 7) is 2.01. The van der Waals surface area contributed by atoms with Crippen molar-refractivity contribution < 1.29 is 9.90 Å². The van der Waals surface area contributed by atoms with Crippen molar-refractivity contribution in [2.24, 2.45) is 0 Å². The highest BCUT2D eigenvalue weighted by molar-refractivity contribution is 7.97. The minimum absolute atomic E-state index is 0.140. The second-order valence-electron chi connectivity index (χ2n) is 8.14. The van der Waals surface area contributed by atoms with Gasteiger partial charge in [0.1, 0.15) is 11.3 Å². The van der Waals surface area contributed by atoms with E-state index in [1.165, 1.54) is 11.9 Å². The summed E-state index contributed by atoms with van der Waals surface area (Å²) >= 11 is 1.53. The first-order valence-electron chi connectivity index (χ1n) is 11.0. The molecule has 0 saturated carbocycles. The quantitative estimate of drug-likeness (QED) is 0.406. The summed E-state index contributed by atoms with van der Waals surface area (Å²) in [4.78, 5) is 27.2. The Kier molecular flexibility index (Phi) is 6.06. The SMILES string of the molecule is CSn1ccc(C(=O)NCc2nc3ccc(-c4cccc(N5CCC(O)CC5)c4)nc3[nH]2)c1. The number of pyridine rings is 1. The average molecular weight is 463 g/mol. The molecule has 4 aromatic rings. The number of aromatic nitrogens is 4. The summed E-state index contributed by atoms with van der Waals surface area (Å²) in [6, 6.07) is 14.0. The summed E-state index contributed by atoms with van der Waals surface area (Å²) in [7, 11) is 0. The lowest BCUT2D eigenvalue weighted by Crippen LogP contribution is -2.35. The van der Waals surface area contributed by atoms with E-state index in [1.54, 1.807) is 12.3 Å². The van der Waals surface area contributed by atoms with E-state index in [9.17, 15) is 9.90 Å². The summed E-state index contributed by atoms with van der Waals surface area (Å²) < 4.78 is 1.88. The highest BCUT2D eigenvalue weighted by atomic mass is 32.2. The van der Waals surface area contributed by atoms with Crippen LogP contribution in [0, 0.1) is 0 Å². The molecule has 5 rings (SSSR count). The van der Waals surface area contributed by atoms with Gasteiger partial charge < -0.3 is 20.3 Å². The number of hydrogen-bond acceptors (Lipinski definition) is 6. The van der Waals surface area contributed by atoms with Gasteiger partial charge in [-0.05, 0) is 55.1 Å². The highest BCUT2D eigenvalue weighted by Gasteiger charge is 2.18. The van der Waals surface area contributed by atoms with Gasteiger partial charge in [-0.25, -0.2) is 9.97 Å². The van der Waals surface area contributed by atoms with Crippen LogP contribution in [-0.4, -0.2) is 55.4 Å². The molecule has 1 aliphatic heterocycles. The largest absolute Gasteiger partial charge is 0.393 e. The minimum atomic E-state index is -0.191. The lowest BCUT2D eigenvalue weighted by molar-refractivity contribution is 0.0950. The zero-order chi connectivity index (χ0) is 22.8. The van der Waals surface area contributed by atoms with Crippen molar-refractivity contribution in [3.8, 4) is 11.3 Å². The van der Waals surface area contributed by atoms with Gasteiger partial charge in [0.2, 0.25) is 0 Å². The topological polar surface area (TPSA) is 99.1 Å². The first kappa shape index (κ1) is 21.5. The van der Waals surface area contributed by atoms with Gasteiger partial charge >= 0.3 is 0 Å². The number of carbonyl (C=O) groups excluding carboxylic acids is 1. The minimum Gasteiger partial charge on any atom is -0.393 e. The number of anilines is 1. The van der Waals surface area contributed by atoms with E-state index >= 15 is 0 Å². The molecule has 0 aliphatic carbocycles. The van der Waals surface area contributed by atoms with Gasteiger partial charge in [-0.3, -0.25) is 8.77 Å². The number of aliphatic hydroxyl groups excluding tert-OH is 1. The second kappa shape index (κ2) is 9.29. The van der Waals surface area contributed by atoms with Crippen LogP contribution in [-0.2, 0) is 6.54 Å². The van der Waals surface area contributed by atoms with Crippen LogP contribution in [0.5, 0.6) is 0 Å². The van der Waals surface area contributed by atoms with Crippen molar-refractivity contribution in [2.75, 3.05) is 24.2 Å². The Morgan fingerprint density at radius 1 is 1.21 bits per heavy atom. The second-order valence-corrected chi connectivity index (χ2v) is 8.93. The molecule has 0 atom stereocenters. The number of benzene rings is 1. The van der Waals surface area contributed by atoms with Crippen molar-refractivity contribution in [1.29, 1.82) is 0 Å². The predicted octanol–water partition coefficient (Wildman–Crippen LogP) is 3.44. The molecule has 0 unspecified atom stereocenters. The number of fused-ring (bicyclic) bond motifs is 1. The van der Waals surface area contributed by atoms with Crippen molar-refractivity contribution in [3.63, 3.8) is 0 Å². The van der Waals surface area contributed by atoms with Gasteiger partial charge in [0, 0.05) is 43.0 Å². The number of nitrogens with one attached hydrogen (secondary N) is 2. The summed E-state index contributed by atoms with van der Waals surface area (Å²) in [5.41, 5.74) is 5.10. The molecule has 1 fully saturated rings. The van der Waals surface area contributed by atoms with E-state index in [4.69, 9.17) is 4.98 Å². The van der Waals surface area contributed by atoms with Gasteiger partial charge in [-0.15, -0.1) is 0 Å². The van der Waals surface area contributed by atoms with E-state index in [1.807, 2.05) is 34.6 Å². The van der Waals surface area contributed by atoms with Crippen LogP contribution in [0.15, 0.2) is 54.9 Å². The highest BCUT2D eigenvalue weighted by Crippen LogP contribution is 2.27. The molecular weight excluding hydrogens is 436 g/mol. The van der Waals surface area contributed by atoms with Crippen molar-refractivity contribution in [1.82, 2.24) is 24.2 Å². The van der Waals surface area contributed by atoms with Gasteiger partial charge in [0.25, 0.3) is 5.91 Å². The Morgan fingerprint density at radius 3 is 2.85 bits per heavy atom. The van der Waals surface area contributed by atoms with Crippen molar-refractivity contribution in [2.45, 2.75) is 25.5 Å². The third-order valence-corrected chi connectivity index (χ3v) is 6.57. The number of amides is 1. The predicted molar refractivity (Wildman–Crippen MR) is 131 cm³/mol. The first-order valence-corrected chi connectivity index (χ1v) is 12.2. The lowest BCUT2D eigenvalue weighted by atomic mass is 10.1. The van der Waals surface area contributed by atoms with Crippen LogP contribution in [0.1, 0.15) is 29.0 Å². The van der Waals surface area contributed by atoms with Crippen LogP contribution in [0.4, 0.5) is 5.69 Å². The zero-order valence-corrected chi connectivity index (χ0v) is 19.2. The van der Waals surface area contributed by atoms with Crippen molar-refractivity contribution >= 4 is 34.7 Å². The number of aliphatic hydroxyl groups is 1. The maximum absolute atomic E-state index is 12.4. The third kappa shape index (κ3) is 4.74. The smallest absolute Gasteiger partial charge is 0.253 e. The molecule has 1 saturated heterocycles.